The monoisotopic (exact) mass is 368 g/mol. The van der Waals surface area contributed by atoms with Crippen LogP contribution in [0.3, 0.4) is 0 Å². The molecule has 1 aliphatic rings. The lowest BCUT2D eigenvalue weighted by molar-refractivity contribution is -0.121. The van der Waals surface area contributed by atoms with Crippen LogP contribution in [-0.2, 0) is 16.0 Å². The van der Waals surface area contributed by atoms with E-state index < -0.39 is 0 Å². The van der Waals surface area contributed by atoms with E-state index >= 15 is 0 Å². The van der Waals surface area contributed by atoms with Gasteiger partial charge in [-0.25, -0.2) is 0 Å². The number of nitrogens with one attached hydrogen (secondary N) is 1. The van der Waals surface area contributed by atoms with Crippen LogP contribution in [0.1, 0.15) is 25.8 Å². The van der Waals surface area contributed by atoms with Crippen molar-refractivity contribution in [3.8, 4) is 11.5 Å². The van der Waals surface area contributed by atoms with Gasteiger partial charge in [0.1, 0.15) is 11.5 Å². The van der Waals surface area contributed by atoms with Crippen molar-refractivity contribution < 1.29 is 19.1 Å². The summed E-state index contributed by atoms with van der Waals surface area (Å²) in [7, 11) is 0. The van der Waals surface area contributed by atoms with Crippen LogP contribution in [0.25, 0.3) is 0 Å². The van der Waals surface area contributed by atoms with Gasteiger partial charge in [0.05, 0.1) is 12.3 Å². The second-order valence-electron chi connectivity index (χ2n) is 6.40. The first-order chi connectivity index (χ1) is 13.1. The van der Waals surface area contributed by atoms with Gasteiger partial charge >= 0.3 is 0 Å². The number of nitrogens with zero attached hydrogens (tertiary/aromatic N) is 1. The zero-order valence-corrected chi connectivity index (χ0v) is 15.7. The Hall–Kier alpha value is -3.02. The van der Waals surface area contributed by atoms with Gasteiger partial charge in [0.15, 0.2) is 6.61 Å². The minimum absolute atomic E-state index is 0.0197. The molecule has 1 N–H and O–H groups in total. The van der Waals surface area contributed by atoms with Crippen molar-refractivity contribution >= 4 is 23.2 Å². The highest BCUT2D eigenvalue weighted by molar-refractivity contribution is 5.99. The maximum Gasteiger partial charge on any atom is 0.265 e. The summed E-state index contributed by atoms with van der Waals surface area (Å²) in [6.07, 6.45) is 1.68. The first-order valence-electron chi connectivity index (χ1n) is 9.13. The van der Waals surface area contributed by atoms with Crippen molar-refractivity contribution in [1.29, 1.82) is 0 Å². The molecule has 0 radical (unpaired) electrons. The summed E-state index contributed by atoms with van der Waals surface area (Å²) in [4.78, 5) is 25.3. The van der Waals surface area contributed by atoms with Gasteiger partial charge in [-0.1, -0.05) is 19.1 Å². The number of anilines is 2. The van der Waals surface area contributed by atoms with Gasteiger partial charge in [-0.15, -0.1) is 0 Å². The normalized spacial score (nSPS) is 13.0. The highest BCUT2D eigenvalue weighted by atomic mass is 16.5. The maximum atomic E-state index is 12.3. The molecule has 6 nitrogen and oxygen atoms in total. The van der Waals surface area contributed by atoms with Gasteiger partial charge in [0, 0.05) is 19.2 Å². The maximum absolute atomic E-state index is 12.3. The molecule has 0 saturated carbocycles. The Bertz CT molecular complexity index is 817. The number of fused-ring (bicyclic) bond motifs is 1. The summed E-state index contributed by atoms with van der Waals surface area (Å²) in [6, 6.07) is 13.3. The summed E-state index contributed by atoms with van der Waals surface area (Å²) in [6.45, 7) is 4.61. The second-order valence-corrected chi connectivity index (χ2v) is 6.40. The van der Waals surface area contributed by atoms with Crippen LogP contribution >= 0.6 is 0 Å². The van der Waals surface area contributed by atoms with Crippen molar-refractivity contribution in [3.05, 3.63) is 48.0 Å². The van der Waals surface area contributed by atoms with Crippen LogP contribution in [0.5, 0.6) is 11.5 Å². The standard InChI is InChI=1S/C21H24N2O4/c1-3-16-5-8-18(9-6-16)26-12-4-11-23-19-13-17(22-15(2)24)7-10-20(19)27-14-21(23)25/h5-10,13H,3-4,11-12,14H2,1-2H3,(H,22,24). The Morgan fingerprint density at radius 3 is 2.70 bits per heavy atom. The molecule has 2 amide bonds. The molecule has 2 aromatic carbocycles. The van der Waals surface area contributed by atoms with E-state index in [-0.39, 0.29) is 18.4 Å². The summed E-state index contributed by atoms with van der Waals surface area (Å²) in [5.41, 5.74) is 2.58. The molecule has 142 valence electrons. The Labute approximate surface area is 159 Å². The van der Waals surface area contributed by atoms with Crippen molar-refractivity contribution in [2.75, 3.05) is 30.0 Å². The quantitative estimate of drug-likeness (QED) is 0.761. The largest absolute Gasteiger partial charge is 0.494 e. The number of carbonyl (C=O) groups is 2. The number of amides is 2. The Balaban J connectivity index is 1.60. The van der Waals surface area contributed by atoms with E-state index in [0.717, 1.165) is 12.2 Å². The lowest BCUT2D eigenvalue weighted by Crippen LogP contribution is -2.39. The molecular weight excluding hydrogens is 344 g/mol. The van der Waals surface area contributed by atoms with E-state index in [1.807, 2.05) is 12.1 Å². The van der Waals surface area contributed by atoms with Crippen LogP contribution in [0.2, 0.25) is 0 Å². The fraction of sp³-hybridized carbons (Fsp3) is 0.333. The van der Waals surface area contributed by atoms with E-state index in [1.54, 1.807) is 23.1 Å². The van der Waals surface area contributed by atoms with Gasteiger partial charge in [-0.2, -0.15) is 0 Å². The van der Waals surface area contributed by atoms with E-state index in [9.17, 15) is 9.59 Å². The molecule has 0 unspecified atom stereocenters. The SMILES string of the molecule is CCc1ccc(OCCCN2C(=O)COc3ccc(NC(C)=O)cc32)cc1. The molecule has 0 atom stereocenters. The lowest BCUT2D eigenvalue weighted by atomic mass is 10.2. The third kappa shape index (κ3) is 4.78. The summed E-state index contributed by atoms with van der Waals surface area (Å²) >= 11 is 0. The number of rotatable bonds is 7. The minimum Gasteiger partial charge on any atom is -0.494 e. The van der Waals surface area contributed by atoms with Gasteiger partial charge < -0.3 is 19.7 Å². The van der Waals surface area contributed by atoms with Gasteiger partial charge in [-0.3, -0.25) is 9.59 Å². The molecule has 0 spiro atoms. The summed E-state index contributed by atoms with van der Waals surface area (Å²) in [5, 5.41) is 2.73. The van der Waals surface area contributed by atoms with Crippen LogP contribution in [0, 0.1) is 0 Å². The number of benzene rings is 2. The summed E-state index contributed by atoms with van der Waals surface area (Å²) in [5.74, 6) is 1.20. The topological polar surface area (TPSA) is 67.9 Å². The second kappa shape index (κ2) is 8.58. The van der Waals surface area contributed by atoms with Crippen LogP contribution < -0.4 is 19.7 Å². The van der Waals surface area contributed by atoms with Crippen molar-refractivity contribution in [2.24, 2.45) is 0 Å². The highest BCUT2D eigenvalue weighted by Gasteiger charge is 2.25. The average Bonchev–Trinajstić information content (AvgIpc) is 2.66. The predicted octanol–water partition coefficient (Wildman–Crippen LogP) is 3.40. The number of ether oxygens (including phenoxy) is 2. The fourth-order valence-electron chi connectivity index (χ4n) is 2.96. The highest BCUT2D eigenvalue weighted by Crippen LogP contribution is 2.34. The zero-order valence-electron chi connectivity index (χ0n) is 15.7. The van der Waals surface area contributed by atoms with E-state index in [1.165, 1.54) is 12.5 Å². The minimum atomic E-state index is -0.160. The Kier molecular flexibility index (Phi) is 5.96. The first kappa shape index (κ1) is 18.8. The van der Waals surface area contributed by atoms with Crippen molar-refractivity contribution in [2.45, 2.75) is 26.7 Å². The molecule has 3 rings (SSSR count). The van der Waals surface area contributed by atoms with Crippen molar-refractivity contribution in [1.82, 2.24) is 0 Å². The molecule has 0 fully saturated rings. The molecular formula is C21H24N2O4. The van der Waals surface area contributed by atoms with Gasteiger partial charge in [0.2, 0.25) is 5.91 Å². The summed E-state index contributed by atoms with van der Waals surface area (Å²) < 4.78 is 11.3. The van der Waals surface area contributed by atoms with Crippen LogP contribution in [0.4, 0.5) is 11.4 Å². The number of aryl methyl sites for hydroxylation is 1. The van der Waals surface area contributed by atoms with E-state index in [0.29, 0.717) is 36.7 Å². The Morgan fingerprint density at radius 1 is 1.22 bits per heavy atom. The number of carbonyl (C=O) groups excluding carboxylic acids is 2. The average molecular weight is 368 g/mol. The number of hydrogen-bond donors (Lipinski definition) is 1. The Morgan fingerprint density at radius 2 is 2.00 bits per heavy atom. The molecule has 0 aliphatic carbocycles. The van der Waals surface area contributed by atoms with E-state index in [4.69, 9.17) is 9.47 Å². The molecule has 27 heavy (non-hydrogen) atoms. The molecule has 0 saturated heterocycles. The van der Waals surface area contributed by atoms with Crippen LogP contribution in [-0.4, -0.2) is 31.6 Å². The smallest absolute Gasteiger partial charge is 0.265 e. The predicted molar refractivity (Wildman–Crippen MR) is 105 cm³/mol. The molecule has 0 aromatic heterocycles. The number of hydrogen-bond acceptors (Lipinski definition) is 4. The van der Waals surface area contributed by atoms with Crippen LogP contribution in [0.15, 0.2) is 42.5 Å². The molecule has 2 aromatic rings. The third-order valence-electron chi connectivity index (χ3n) is 4.35. The third-order valence-corrected chi connectivity index (χ3v) is 4.35. The fourth-order valence-corrected chi connectivity index (χ4v) is 2.96. The molecule has 6 heteroatoms. The lowest BCUT2D eigenvalue weighted by Gasteiger charge is -2.29. The molecule has 1 heterocycles. The first-order valence-corrected chi connectivity index (χ1v) is 9.13. The van der Waals surface area contributed by atoms with Gasteiger partial charge in [0.25, 0.3) is 5.91 Å². The molecule has 0 bridgehead atoms. The molecule has 1 aliphatic heterocycles. The van der Waals surface area contributed by atoms with Crippen molar-refractivity contribution in [3.63, 3.8) is 0 Å². The van der Waals surface area contributed by atoms with E-state index in [2.05, 4.69) is 24.4 Å². The zero-order chi connectivity index (χ0) is 19.2. The van der Waals surface area contributed by atoms with Gasteiger partial charge in [-0.05, 0) is 48.7 Å².